The summed E-state index contributed by atoms with van der Waals surface area (Å²) >= 11 is 0. The normalized spacial score (nSPS) is 23.5. The van der Waals surface area contributed by atoms with Crippen molar-refractivity contribution in [1.29, 1.82) is 0 Å². The van der Waals surface area contributed by atoms with Crippen LogP contribution in [0.15, 0.2) is 12.3 Å². The molecule has 0 bridgehead atoms. The van der Waals surface area contributed by atoms with Gasteiger partial charge in [-0.25, -0.2) is 0 Å². The summed E-state index contributed by atoms with van der Waals surface area (Å²) in [6, 6.07) is 2.12. The van der Waals surface area contributed by atoms with E-state index < -0.39 is 0 Å². The molecule has 1 aliphatic rings. The van der Waals surface area contributed by atoms with Gasteiger partial charge in [-0.3, -0.25) is 14.8 Å². The molecule has 1 amide bonds. The summed E-state index contributed by atoms with van der Waals surface area (Å²) in [7, 11) is 0. The molecule has 1 saturated heterocycles. The lowest BCUT2D eigenvalue weighted by Crippen LogP contribution is -2.51. The van der Waals surface area contributed by atoms with Gasteiger partial charge in [-0.15, -0.1) is 0 Å². The second-order valence-corrected chi connectivity index (χ2v) is 2.76. The molecule has 1 aromatic heterocycles. The van der Waals surface area contributed by atoms with Crippen LogP contribution in [0.1, 0.15) is 13.3 Å². The first-order valence-electron chi connectivity index (χ1n) is 3.60. The van der Waals surface area contributed by atoms with Crippen molar-refractivity contribution in [3.63, 3.8) is 0 Å². The third-order valence-electron chi connectivity index (χ3n) is 1.93. The van der Waals surface area contributed by atoms with E-state index in [1.807, 2.05) is 6.92 Å². The Labute approximate surface area is 64.2 Å². The zero-order valence-electron chi connectivity index (χ0n) is 6.24. The highest BCUT2D eigenvalue weighted by atomic mass is 16.2. The van der Waals surface area contributed by atoms with Crippen LogP contribution in [0.3, 0.4) is 0 Å². The van der Waals surface area contributed by atoms with E-state index in [0.717, 1.165) is 5.82 Å². The minimum absolute atomic E-state index is 0.168. The Balaban J connectivity index is 2.23. The average Bonchev–Trinajstić information content (AvgIpc) is 2.39. The summed E-state index contributed by atoms with van der Waals surface area (Å²) in [5, 5.41) is 6.53. The van der Waals surface area contributed by atoms with E-state index in [1.165, 1.54) is 0 Å². The highest BCUT2D eigenvalue weighted by molar-refractivity contribution is 5.99. The molecule has 0 saturated carbocycles. The number of carbonyl (C=O) groups excluding carboxylic acids is 1. The topological polar surface area (TPSA) is 49.0 Å². The second kappa shape index (κ2) is 2.08. The van der Waals surface area contributed by atoms with Crippen LogP contribution in [0.2, 0.25) is 0 Å². The van der Waals surface area contributed by atoms with Crippen LogP contribution < -0.4 is 4.90 Å². The van der Waals surface area contributed by atoms with E-state index in [0.29, 0.717) is 12.5 Å². The molecule has 0 aliphatic carbocycles. The Morgan fingerprint density at radius 1 is 1.82 bits per heavy atom. The molecular weight excluding hydrogens is 142 g/mol. The van der Waals surface area contributed by atoms with Crippen molar-refractivity contribution in [3.8, 4) is 0 Å². The number of nitrogens with one attached hydrogen (secondary N) is 1. The lowest BCUT2D eigenvalue weighted by Gasteiger charge is -2.36. The zero-order chi connectivity index (χ0) is 7.84. The summed E-state index contributed by atoms with van der Waals surface area (Å²) < 4.78 is 0. The molecule has 1 atom stereocenters. The van der Waals surface area contributed by atoms with Crippen molar-refractivity contribution in [2.75, 3.05) is 4.90 Å². The molecule has 1 unspecified atom stereocenters. The number of β-lactam (4-membered cyclic amide) rings is 1. The Bertz CT molecular complexity index is 267. The van der Waals surface area contributed by atoms with Gasteiger partial charge in [0, 0.05) is 18.5 Å². The van der Waals surface area contributed by atoms with Gasteiger partial charge in [0.1, 0.15) is 5.82 Å². The van der Waals surface area contributed by atoms with E-state index in [2.05, 4.69) is 10.2 Å². The first-order chi connectivity index (χ1) is 5.29. The maximum atomic E-state index is 11.0. The van der Waals surface area contributed by atoms with Crippen molar-refractivity contribution in [2.45, 2.75) is 19.4 Å². The number of H-pyrrole nitrogens is 1. The SMILES string of the molecule is CC1CC(=O)N1c1ccn[nH]1. The van der Waals surface area contributed by atoms with Gasteiger partial charge in [0.2, 0.25) is 5.91 Å². The number of aromatic amines is 1. The minimum atomic E-state index is 0.168. The van der Waals surface area contributed by atoms with E-state index in [1.54, 1.807) is 17.2 Å². The monoisotopic (exact) mass is 151 g/mol. The van der Waals surface area contributed by atoms with Gasteiger partial charge in [-0.05, 0) is 6.92 Å². The van der Waals surface area contributed by atoms with E-state index in [9.17, 15) is 4.79 Å². The summed E-state index contributed by atoms with van der Waals surface area (Å²) in [6.07, 6.45) is 2.30. The van der Waals surface area contributed by atoms with Crippen LogP contribution in [-0.4, -0.2) is 22.1 Å². The lowest BCUT2D eigenvalue weighted by molar-refractivity contribution is -0.123. The van der Waals surface area contributed by atoms with Gasteiger partial charge in [0.05, 0.1) is 6.20 Å². The lowest BCUT2D eigenvalue weighted by atomic mass is 10.1. The molecule has 1 aromatic rings. The van der Waals surface area contributed by atoms with E-state index in [4.69, 9.17) is 0 Å². The fraction of sp³-hybridized carbons (Fsp3) is 0.429. The molecule has 4 heteroatoms. The van der Waals surface area contributed by atoms with Crippen LogP contribution in [0, 0.1) is 0 Å². The number of anilines is 1. The molecular formula is C7H9N3O. The molecule has 4 nitrogen and oxygen atoms in total. The molecule has 1 fully saturated rings. The minimum Gasteiger partial charge on any atom is -0.294 e. The van der Waals surface area contributed by atoms with Gasteiger partial charge in [0.25, 0.3) is 0 Å². The predicted molar refractivity (Wildman–Crippen MR) is 40.2 cm³/mol. The maximum Gasteiger partial charge on any atom is 0.230 e. The summed E-state index contributed by atoms with van der Waals surface area (Å²) in [5.41, 5.74) is 0. The Hall–Kier alpha value is -1.32. The number of hydrogen-bond donors (Lipinski definition) is 1. The number of amides is 1. The van der Waals surface area contributed by atoms with Crippen molar-refractivity contribution < 1.29 is 4.79 Å². The maximum absolute atomic E-state index is 11.0. The fourth-order valence-corrected chi connectivity index (χ4v) is 1.33. The number of rotatable bonds is 1. The summed E-state index contributed by atoms with van der Waals surface area (Å²) in [5.74, 6) is 0.968. The zero-order valence-corrected chi connectivity index (χ0v) is 6.24. The second-order valence-electron chi connectivity index (χ2n) is 2.76. The molecule has 11 heavy (non-hydrogen) atoms. The van der Waals surface area contributed by atoms with Crippen LogP contribution in [0.25, 0.3) is 0 Å². The third-order valence-corrected chi connectivity index (χ3v) is 1.93. The number of nitrogens with zero attached hydrogens (tertiary/aromatic N) is 2. The molecule has 1 N–H and O–H groups in total. The van der Waals surface area contributed by atoms with Gasteiger partial charge in [-0.2, -0.15) is 5.10 Å². The first kappa shape index (κ1) is 6.39. The quantitative estimate of drug-likeness (QED) is 0.595. The molecule has 0 radical (unpaired) electrons. The largest absolute Gasteiger partial charge is 0.294 e. The Kier molecular flexibility index (Phi) is 1.21. The number of aromatic nitrogens is 2. The fourth-order valence-electron chi connectivity index (χ4n) is 1.33. The molecule has 58 valence electrons. The van der Waals surface area contributed by atoms with Crippen molar-refractivity contribution in [2.24, 2.45) is 0 Å². The van der Waals surface area contributed by atoms with E-state index >= 15 is 0 Å². The first-order valence-corrected chi connectivity index (χ1v) is 3.60. The molecule has 1 aliphatic heterocycles. The van der Waals surface area contributed by atoms with Crippen molar-refractivity contribution >= 4 is 11.7 Å². The average molecular weight is 151 g/mol. The molecule has 0 spiro atoms. The van der Waals surface area contributed by atoms with Gasteiger partial charge < -0.3 is 0 Å². The van der Waals surface area contributed by atoms with Gasteiger partial charge >= 0.3 is 0 Å². The number of carbonyl (C=O) groups is 1. The number of hydrogen-bond acceptors (Lipinski definition) is 2. The van der Waals surface area contributed by atoms with Crippen LogP contribution >= 0.6 is 0 Å². The van der Waals surface area contributed by atoms with Crippen molar-refractivity contribution in [1.82, 2.24) is 10.2 Å². The van der Waals surface area contributed by atoms with Crippen LogP contribution in [0.4, 0.5) is 5.82 Å². The van der Waals surface area contributed by atoms with Gasteiger partial charge in [-0.1, -0.05) is 0 Å². The molecule has 0 aromatic carbocycles. The molecule has 2 rings (SSSR count). The molecule has 2 heterocycles. The third kappa shape index (κ3) is 0.824. The smallest absolute Gasteiger partial charge is 0.230 e. The highest BCUT2D eigenvalue weighted by Gasteiger charge is 2.34. The Morgan fingerprint density at radius 2 is 2.64 bits per heavy atom. The summed E-state index contributed by atoms with van der Waals surface area (Å²) in [4.78, 5) is 12.7. The van der Waals surface area contributed by atoms with Crippen LogP contribution in [0.5, 0.6) is 0 Å². The van der Waals surface area contributed by atoms with Gasteiger partial charge in [0.15, 0.2) is 0 Å². The van der Waals surface area contributed by atoms with E-state index in [-0.39, 0.29) is 5.91 Å². The highest BCUT2D eigenvalue weighted by Crippen LogP contribution is 2.24. The summed E-state index contributed by atoms with van der Waals surface area (Å²) in [6.45, 7) is 2.02. The predicted octanol–water partition coefficient (Wildman–Crippen LogP) is 0.535. The van der Waals surface area contributed by atoms with Crippen LogP contribution in [-0.2, 0) is 4.79 Å². The standard InChI is InChI=1S/C7H9N3O/c1-5-4-7(11)10(5)6-2-3-8-9-6/h2-3,5H,4H2,1H3,(H,8,9). The van der Waals surface area contributed by atoms with Crippen molar-refractivity contribution in [3.05, 3.63) is 12.3 Å². The Morgan fingerprint density at radius 3 is 3.09 bits per heavy atom.